The minimum Gasteiger partial charge on any atom is -0.457 e. The Kier molecular flexibility index (Phi) is 5.35. The molecular formula is C16H18ClNOS. The highest BCUT2D eigenvalue weighted by Gasteiger charge is 2.09. The predicted molar refractivity (Wildman–Crippen MR) is 87.2 cm³/mol. The lowest BCUT2D eigenvalue weighted by atomic mass is 10.1. The lowest BCUT2D eigenvalue weighted by Crippen LogP contribution is -2.12. The first-order chi connectivity index (χ1) is 9.63. The summed E-state index contributed by atoms with van der Waals surface area (Å²) in [6, 6.07) is 14.0. The summed E-state index contributed by atoms with van der Waals surface area (Å²) in [5, 5.41) is 3.89. The van der Waals surface area contributed by atoms with Crippen molar-refractivity contribution < 1.29 is 4.74 Å². The van der Waals surface area contributed by atoms with E-state index in [-0.39, 0.29) is 6.04 Å². The van der Waals surface area contributed by atoms with Crippen LogP contribution in [0, 0.1) is 0 Å². The molecule has 2 aromatic rings. The molecule has 0 saturated heterocycles. The maximum absolute atomic E-state index is 6.29. The number of rotatable bonds is 5. The molecule has 1 N–H and O–H groups in total. The third-order valence-corrected chi connectivity index (χ3v) is 4.24. The van der Waals surface area contributed by atoms with Gasteiger partial charge in [0.25, 0.3) is 0 Å². The Morgan fingerprint density at radius 2 is 1.75 bits per heavy atom. The van der Waals surface area contributed by atoms with Gasteiger partial charge >= 0.3 is 0 Å². The molecule has 0 aliphatic rings. The summed E-state index contributed by atoms with van der Waals surface area (Å²) in [7, 11) is 1.92. The average Bonchev–Trinajstić information content (AvgIpc) is 2.47. The van der Waals surface area contributed by atoms with Crippen LogP contribution in [0.25, 0.3) is 0 Å². The van der Waals surface area contributed by atoms with Crippen molar-refractivity contribution >= 4 is 23.4 Å². The number of halogens is 1. The Bertz CT molecular complexity index is 571. The molecule has 0 aliphatic carbocycles. The summed E-state index contributed by atoms with van der Waals surface area (Å²) in [4.78, 5) is 1.22. The molecule has 0 aromatic heterocycles. The van der Waals surface area contributed by atoms with Gasteiger partial charge in [-0.3, -0.25) is 0 Å². The molecule has 0 bridgehead atoms. The number of benzene rings is 2. The smallest absolute Gasteiger partial charge is 0.128 e. The van der Waals surface area contributed by atoms with Crippen LogP contribution in [0.4, 0.5) is 0 Å². The van der Waals surface area contributed by atoms with E-state index in [1.807, 2.05) is 49.5 Å². The number of hydrogen-bond donors (Lipinski definition) is 1. The normalized spacial score (nSPS) is 12.2. The first-order valence-corrected chi connectivity index (χ1v) is 8.03. The van der Waals surface area contributed by atoms with Gasteiger partial charge in [-0.05, 0) is 62.2 Å². The fraction of sp³-hybridized carbons (Fsp3) is 0.250. The molecule has 0 spiro atoms. The summed E-state index contributed by atoms with van der Waals surface area (Å²) in [6.07, 6.45) is 2.05. The zero-order valence-corrected chi connectivity index (χ0v) is 13.4. The van der Waals surface area contributed by atoms with Crippen LogP contribution < -0.4 is 10.1 Å². The first-order valence-electron chi connectivity index (χ1n) is 6.42. The fourth-order valence-electron chi connectivity index (χ4n) is 1.86. The van der Waals surface area contributed by atoms with E-state index < -0.39 is 0 Å². The van der Waals surface area contributed by atoms with E-state index in [9.17, 15) is 0 Å². The Morgan fingerprint density at radius 3 is 2.30 bits per heavy atom. The van der Waals surface area contributed by atoms with E-state index in [0.29, 0.717) is 5.02 Å². The SMILES string of the molecule is CNC(C)c1ccc(Oc2ccc(SC)cc2)cc1Cl. The molecule has 0 fully saturated rings. The van der Waals surface area contributed by atoms with Crippen molar-refractivity contribution in [2.24, 2.45) is 0 Å². The quantitative estimate of drug-likeness (QED) is 0.773. The largest absolute Gasteiger partial charge is 0.457 e. The van der Waals surface area contributed by atoms with Crippen molar-refractivity contribution in [3.05, 3.63) is 53.1 Å². The Morgan fingerprint density at radius 1 is 1.10 bits per heavy atom. The highest BCUT2D eigenvalue weighted by molar-refractivity contribution is 7.98. The zero-order chi connectivity index (χ0) is 14.5. The van der Waals surface area contributed by atoms with Gasteiger partial charge in [0, 0.05) is 16.0 Å². The van der Waals surface area contributed by atoms with Crippen molar-refractivity contribution in [2.75, 3.05) is 13.3 Å². The van der Waals surface area contributed by atoms with Crippen molar-refractivity contribution in [2.45, 2.75) is 17.9 Å². The van der Waals surface area contributed by atoms with Gasteiger partial charge in [-0.15, -0.1) is 11.8 Å². The van der Waals surface area contributed by atoms with Crippen LogP contribution in [-0.4, -0.2) is 13.3 Å². The summed E-state index contributed by atoms with van der Waals surface area (Å²) in [5.41, 5.74) is 1.07. The standard InChI is InChI=1S/C16H18ClNOS/c1-11(18-2)15-9-6-13(10-16(15)17)19-12-4-7-14(20-3)8-5-12/h4-11,18H,1-3H3. The van der Waals surface area contributed by atoms with E-state index in [2.05, 4.69) is 18.5 Å². The molecular weight excluding hydrogens is 290 g/mol. The van der Waals surface area contributed by atoms with E-state index in [1.165, 1.54) is 4.90 Å². The number of thioether (sulfide) groups is 1. The molecule has 1 unspecified atom stereocenters. The van der Waals surface area contributed by atoms with E-state index in [4.69, 9.17) is 16.3 Å². The lowest BCUT2D eigenvalue weighted by molar-refractivity contribution is 0.481. The van der Waals surface area contributed by atoms with Crippen LogP contribution in [0.2, 0.25) is 5.02 Å². The summed E-state index contributed by atoms with van der Waals surface area (Å²) >= 11 is 8.00. The highest BCUT2D eigenvalue weighted by Crippen LogP contribution is 2.30. The third kappa shape index (κ3) is 3.69. The molecule has 1 atom stereocenters. The second-order valence-electron chi connectivity index (χ2n) is 4.47. The van der Waals surface area contributed by atoms with E-state index >= 15 is 0 Å². The number of ether oxygens (including phenoxy) is 1. The second-order valence-corrected chi connectivity index (χ2v) is 5.76. The van der Waals surface area contributed by atoms with Gasteiger partial charge in [0.15, 0.2) is 0 Å². The molecule has 0 aliphatic heterocycles. The topological polar surface area (TPSA) is 21.3 Å². The first kappa shape index (κ1) is 15.2. The van der Waals surface area contributed by atoms with Crippen molar-refractivity contribution in [3.63, 3.8) is 0 Å². The molecule has 0 heterocycles. The zero-order valence-electron chi connectivity index (χ0n) is 11.8. The Labute approximate surface area is 129 Å². The van der Waals surface area contributed by atoms with Crippen LogP contribution >= 0.6 is 23.4 Å². The van der Waals surface area contributed by atoms with Gasteiger partial charge in [0.05, 0.1) is 0 Å². The van der Waals surface area contributed by atoms with Crippen LogP contribution in [0.1, 0.15) is 18.5 Å². The number of nitrogens with one attached hydrogen (secondary N) is 1. The van der Waals surface area contributed by atoms with Crippen molar-refractivity contribution in [1.82, 2.24) is 5.32 Å². The summed E-state index contributed by atoms with van der Waals surface area (Å²) < 4.78 is 5.81. The van der Waals surface area contributed by atoms with Crippen molar-refractivity contribution in [3.8, 4) is 11.5 Å². The molecule has 106 valence electrons. The maximum atomic E-state index is 6.29. The third-order valence-electron chi connectivity index (χ3n) is 3.17. The monoisotopic (exact) mass is 307 g/mol. The Hall–Kier alpha value is -1.16. The summed E-state index contributed by atoms with van der Waals surface area (Å²) in [5.74, 6) is 1.56. The lowest BCUT2D eigenvalue weighted by Gasteiger charge is -2.14. The van der Waals surface area contributed by atoms with E-state index in [1.54, 1.807) is 11.8 Å². The molecule has 2 nitrogen and oxygen atoms in total. The number of hydrogen-bond acceptors (Lipinski definition) is 3. The predicted octanol–water partition coefficient (Wildman–Crippen LogP) is 5.13. The van der Waals surface area contributed by atoms with Crippen LogP contribution in [0.5, 0.6) is 11.5 Å². The van der Waals surface area contributed by atoms with Gasteiger partial charge in [-0.25, -0.2) is 0 Å². The highest BCUT2D eigenvalue weighted by atomic mass is 35.5. The van der Waals surface area contributed by atoms with Crippen LogP contribution in [-0.2, 0) is 0 Å². The van der Waals surface area contributed by atoms with Gasteiger partial charge in [0.1, 0.15) is 11.5 Å². The molecule has 0 amide bonds. The fourth-order valence-corrected chi connectivity index (χ4v) is 2.60. The second kappa shape index (κ2) is 7.02. The van der Waals surface area contributed by atoms with E-state index in [0.717, 1.165) is 17.1 Å². The Balaban J connectivity index is 2.15. The van der Waals surface area contributed by atoms with Crippen LogP contribution in [0.3, 0.4) is 0 Å². The molecule has 0 saturated carbocycles. The molecule has 20 heavy (non-hydrogen) atoms. The molecule has 0 radical (unpaired) electrons. The van der Waals surface area contributed by atoms with Gasteiger partial charge in [0.2, 0.25) is 0 Å². The molecule has 2 aromatic carbocycles. The summed E-state index contributed by atoms with van der Waals surface area (Å²) in [6.45, 7) is 2.07. The van der Waals surface area contributed by atoms with Gasteiger partial charge in [-0.2, -0.15) is 0 Å². The average molecular weight is 308 g/mol. The molecule has 2 rings (SSSR count). The van der Waals surface area contributed by atoms with Gasteiger partial charge in [-0.1, -0.05) is 17.7 Å². The maximum Gasteiger partial charge on any atom is 0.128 e. The minimum atomic E-state index is 0.220. The van der Waals surface area contributed by atoms with Gasteiger partial charge < -0.3 is 10.1 Å². The minimum absolute atomic E-state index is 0.220. The van der Waals surface area contributed by atoms with Crippen LogP contribution in [0.15, 0.2) is 47.4 Å². The van der Waals surface area contributed by atoms with Crippen molar-refractivity contribution in [1.29, 1.82) is 0 Å². The molecule has 4 heteroatoms.